The van der Waals surface area contributed by atoms with E-state index in [1.807, 2.05) is 0 Å². The standard InChI is InChI=1S/C18H36N2/c1-13(2)15-7-5-9-17(11-15)19-20-18-10-6-8-16(12-18)14(3)4/h13-20H,5-12H2,1-4H3. The highest BCUT2D eigenvalue weighted by Crippen LogP contribution is 2.31. The SMILES string of the molecule is CC(C)C1CCCC(NNC2CCCC(C(C)C)C2)C1. The number of nitrogens with one attached hydrogen (secondary N) is 2. The minimum absolute atomic E-state index is 0.704. The van der Waals surface area contributed by atoms with Gasteiger partial charge in [-0.1, -0.05) is 53.4 Å². The fourth-order valence-electron chi connectivity index (χ4n) is 4.16. The predicted octanol–water partition coefficient (Wildman–Crippen LogP) is 4.51. The molecule has 0 aromatic heterocycles. The van der Waals surface area contributed by atoms with Crippen molar-refractivity contribution in [3.8, 4) is 0 Å². The number of rotatable bonds is 5. The quantitative estimate of drug-likeness (QED) is 0.724. The molecule has 2 aliphatic rings. The maximum atomic E-state index is 3.69. The van der Waals surface area contributed by atoms with Gasteiger partial charge in [0.15, 0.2) is 0 Å². The van der Waals surface area contributed by atoms with Gasteiger partial charge in [0.25, 0.3) is 0 Å². The van der Waals surface area contributed by atoms with Crippen molar-refractivity contribution in [2.45, 2.75) is 91.1 Å². The minimum atomic E-state index is 0.704. The summed E-state index contributed by atoms with van der Waals surface area (Å²) in [7, 11) is 0. The summed E-state index contributed by atoms with van der Waals surface area (Å²) < 4.78 is 0. The van der Waals surface area contributed by atoms with Crippen molar-refractivity contribution < 1.29 is 0 Å². The van der Waals surface area contributed by atoms with Crippen molar-refractivity contribution in [1.29, 1.82) is 0 Å². The lowest BCUT2D eigenvalue weighted by Gasteiger charge is -2.36. The largest absolute Gasteiger partial charge is 0.255 e. The maximum Gasteiger partial charge on any atom is 0.0215 e. The first-order valence-corrected chi connectivity index (χ1v) is 9.07. The van der Waals surface area contributed by atoms with E-state index in [-0.39, 0.29) is 0 Å². The molecule has 2 rings (SSSR count). The van der Waals surface area contributed by atoms with E-state index in [0.717, 1.165) is 23.7 Å². The zero-order chi connectivity index (χ0) is 14.5. The third-order valence-corrected chi connectivity index (χ3v) is 5.81. The van der Waals surface area contributed by atoms with E-state index in [0.29, 0.717) is 12.1 Å². The molecule has 2 aliphatic carbocycles. The van der Waals surface area contributed by atoms with Gasteiger partial charge >= 0.3 is 0 Å². The highest BCUT2D eigenvalue weighted by atomic mass is 15.4. The highest BCUT2D eigenvalue weighted by Gasteiger charge is 2.27. The van der Waals surface area contributed by atoms with E-state index in [1.54, 1.807) is 0 Å². The lowest BCUT2D eigenvalue weighted by molar-refractivity contribution is 0.179. The summed E-state index contributed by atoms with van der Waals surface area (Å²) in [5.74, 6) is 3.55. The minimum Gasteiger partial charge on any atom is -0.255 e. The van der Waals surface area contributed by atoms with E-state index < -0.39 is 0 Å². The third kappa shape index (κ3) is 4.73. The molecule has 20 heavy (non-hydrogen) atoms. The molecule has 0 amide bonds. The zero-order valence-electron chi connectivity index (χ0n) is 14.1. The molecule has 0 aromatic carbocycles. The average molecular weight is 281 g/mol. The molecule has 2 N–H and O–H groups in total. The van der Waals surface area contributed by atoms with Crippen LogP contribution in [0.4, 0.5) is 0 Å². The van der Waals surface area contributed by atoms with Crippen LogP contribution in [0.25, 0.3) is 0 Å². The fraction of sp³-hybridized carbons (Fsp3) is 1.00. The molecule has 0 bridgehead atoms. The van der Waals surface area contributed by atoms with Crippen molar-refractivity contribution in [3.63, 3.8) is 0 Å². The smallest absolute Gasteiger partial charge is 0.0215 e. The predicted molar refractivity (Wildman–Crippen MR) is 87.4 cm³/mol. The Kier molecular flexibility index (Phi) is 6.35. The summed E-state index contributed by atoms with van der Waals surface area (Å²) in [5.41, 5.74) is 7.37. The first-order valence-electron chi connectivity index (χ1n) is 9.07. The lowest BCUT2D eigenvalue weighted by Crippen LogP contribution is -2.50. The van der Waals surface area contributed by atoms with E-state index >= 15 is 0 Å². The van der Waals surface area contributed by atoms with Crippen molar-refractivity contribution in [2.75, 3.05) is 0 Å². The second-order valence-electron chi connectivity index (χ2n) is 8.02. The van der Waals surface area contributed by atoms with Crippen molar-refractivity contribution in [3.05, 3.63) is 0 Å². The molecule has 0 spiro atoms. The van der Waals surface area contributed by atoms with Crippen LogP contribution in [-0.2, 0) is 0 Å². The van der Waals surface area contributed by atoms with Crippen molar-refractivity contribution in [2.24, 2.45) is 23.7 Å². The molecule has 2 saturated carbocycles. The van der Waals surface area contributed by atoms with Gasteiger partial charge < -0.3 is 0 Å². The Balaban J connectivity index is 1.71. The van der Waals surface area contributed by atoms with E-state index in [9.17, 15) is 0 Å². The molecule has 2 heteroatoms. The Morgan fingerprint density at radius 1 is 0.650 bits per heavy atom. The third-order valence-electron chi connectivity index (χ3n) is 5.81. The summed E-state index contributed by atoms with van der Waals surface area (Å²) in [5, 5.41) is 0. The normalized spacial score (nSPS) is 35.7. The molecule has 4 atom stereocenters. The second-order valence-corrected chi connectivity index (χ2v) is 8.02. The molecule has 0 heterocycles. The van der Waals surface area contributed by atoms with Crippen molar-refractivity contribution >= 4 is 0 Å². The molecular weight excluding hydrogens is 244 g/mol. The molecule has 2 nitrogen and oxygen atoms in total. The van der Waals surface area contributed by atoms with Gasteiger partial charge in [0.1, 0.15) is 0 Å². The summed E-state index contributed by atoms with van der Waals surface area (Å²) in [4.78, 5) is 0. The van der Waals surface area contributed by atoms with E-state index in [1.165, 1.54) is 51.4 Å². The van der Waals surface area contributed by atoms with Crippen LogP contribution in [0.2, 0.25) is 0 Å². The maximum absolute atomic E-state index is 3.69. The zero-order valence-corrected chi connectivity index (χ0v) is 14.1. The Morgan fingerprint density at radius 2 is 1.05 bits per heavy atom. The Morgan fingerprint density at radius 3 is 1.40 bits per heavy atom. The van der Waals surface area contributed by atoms with Crippen LogP contribution in [-0.4, -0.2) is 12.1 Å². The van der Waals surface area contributed by atoms with E-state index in [2.05, 4.69) is 38.5 Å². The molecule has 2 fully saturated rings. The van der Waals surface area contributed by atoms with Crippen LogP contribution in [0.3, 0.4) is 0 Å². The molecule has 118 valence electrons. The molecule has 0 saturated heterocycles. The van der Waals surface area contributed by atoms with Crippen molar-refractivity contribution in [1.82, 2.24) is 10.9 Å². The monoisotopic (exact) mass is 280 g/mol. The Bertz CT molecular complexity index is 247. The van der Waals surface area contributed by atoms with Gasteiger partial charge in [-0.15, -0.1) is 0 Å². The lowest BCUT2D eigenvalue weighted by atomic mass is 9.79. The van der Waals surface area contributed by atoms with Crippen LogP contribution < -0.4 is 10.9 Å². The van der Waals surface area contributed by atoms with Gasteiger partial charge in [-0.2, -0.15) is 0 Å². The molecule has 0 aliphatic heterocycles. The number of hydrazine groups is 1. The highest BCUT2D eigenvalue weighted by molar-refractivity contribution is 4.82. The average Bonchev–Trinajstić information content (AvgIpc) is 2.45. The first kappa shape index (κ1) is 16.3. The molecule has 4 unspecified atom stereocenters. The Hall–Kier alpha value is -0.0800. The molecular formula is C18H36N2. The van der Waals surface area contributed by atoms with Crippen LogP contribution in [0.15, 0.2) is 0 Å². The second kappa shape index (κ2) is 7.79. The fourth-order valence-corrected chi connectivity index (χ4v) is 4.16. The summed E-state index contributed by atoms with van der Waals surface area (Å²) in [6.07, 6.45) is 11.1. The van der Waals surface area contributed by atoms with Gasteiger partial charge in [-0.25, -0.2) is 0 Å². The summed E-state index contributed by atoms with van der Waals surface area (Å²) in [6.45, 7) is 9.54. The topological polar surface area (TPSA) is 24.1 Å². The van der Waals surface area contributed by atoms with Gasteiger partial charge in [0.05, 0.1) is 0 Å². The molecule has 0 radical (unpaired) electrons. The van der Waals surface area contributed by atoms with Gasteiger partial charge in [-0.3, -0.25) is 10.9 Å². The van der Waals surface area contributed by atoms with Crippen LogP contribution in [0, 0.1) is 23.7 Å². The Labute approximate surface area is 126 Å². The van der Waals surface area contributed by atoms with Gasteiger partial charge in [0.2, 0.25) is 0 Å². The van der Waals surface area contributed by atoms with Crippen LogP contribution in [0.1, 0.15) is 79.1 Å². The molecule has 0 aromatic rings. The van der Waals surface area contributed by atoms with Crippen LogP contribution in [0.5, 0.6) is 0 Å². The summed E-state index contributed by atoms with van der Waals surface area (Å²) >= 11 is 0. The van der Waals surface area contributed by atoms with Gasteiger partial charge in [-0.05, 0) is 49.4 Å². The number of hydrogen-bond donors (Lipinski definition) is 2. The first-order chi connectivity index (χ1) is 9.56. The summed E-state index contributed by atoms with van der Waals surface area (Å²) in [6, 6.07) is 1.41. The number of hydrogen-bond acceptors (Lipinski definition) is 2. The van der Waals surface area contributed by atoms with Crippen LogP contribution >= 0.6 is 0 Å². The van der Waals surface area contributed by atoms with Gasteiger partial charge in [0, 0.05) is 12.1 Å². The van der Waals surface area contributed by atoms with E-state index in [4.69, 9.17) is 0 Å².